The van der Waals surface area contributed by atoms with Gasteiger partial charge < -0.3 is 29.9 Å². The van der Waals surface area contributed by atoms with E-state index in [2.05, 4.69) is 103 Å². The molecule has 4 N–H and O–H groups in total. The Labute approximate surface area is 187 Å². The van der Waals surface area contributed by atoms with E-state index in [9.17, 15) is 0 Å². The van der Waals surface area contributed by atoms with Crippen LogP contribution >= 0.6 is 11.5 Å². The topological polar surface area (TPSA) is 61.7 Å². The summed E-state index contributed by atoms with van der Waals surface area (Å²) in [5.74, 6) is 5.76. The fourth-order valence-corrected chi connectivity index (χ4v) is 5.70. The Morgan fingerprint density at radius 2 is 0.844 bits per heavy atom. The zero-order valence-electron chi connectivity index (χ0n) is 16.8. The fraction of sp³-hybridized carbons (Fsp3) is 0. The quantitative estimate of drug-likeness (QED) is 0.205. The molecule has 8 heteroatoms. The summed E-state index contributed by atoms with van der Waals surface area (Å²) in [6, 6.07) is 25.2. The van der Waals surface area contributed by atoms with Gasteiger partial charge in [-0.1, -0.05) is 72.8 Å². The molecule has 6 nitrogen and oxygen atoms in total. The first-order valence-electron chi connectivity index (χ1n) is 10.6. The average molecular weight is 435 g/mol. The molecule has 0 saturated heterocycles. The molecule has 0 amide bonds. The number of hydrogen-bond donors (Lipinski definition) is 4. The van der Waals surface area contributed by atoms with Crippen molar-refractivity contribution < 1.29 is 0 Å². The van der Waals surface area contributed by atoms with Gasteiger partial charge in [-0.2, -0.15) is 0 Å². The summed E-state index contributed by atoms with van der Waals surface area (Å²) in [5.41, 5.74) is 0. The van der Waals surface area contributed by atoms with Gasteiger partial charge in [0.2, 0.25) is 0 Å². The number of rotatable bonds is 0. The van der Waals surface area contributed by atoms with Gasteiger partial charge >= 0.3 is 6.40 Å². The van der Waals surface area contributed by atoms with Crippen LogP contribution in [0.4, 0.5) is 34.9 Å². The molecule has 3 aromatic carbocycles. The zero-order valence-corrected chi connectivity index (χ0v) is 17.5. The van der Waals surface area contributed by atoms with Crippen molar-refractivity contribution in [3.8, 4) is 0 Å². The van der Waals surface area contributed by atoms with Gasteiger partial charge in [-0.3, -0.25) is 0 Å². The number of benzene rings is 3. The second-order valence-electron chi connectivity index (χ2n) is 8.33. The van der Waals surface area contributed by atoms with Crippen molar-refractivity contribution in [3.05, 3.63) is 72.8 Å². The minimum atomic E-state index is -0.451. The van der Waals surface area contributed by atoms with E-state index >= 15 is 0 Å². The molecule has 0 unspecified atom stereocenters. The summed E-state index contributed by atoms with van der Waals surface area (Å²) < 4.78 is 4.29. The van der Waals surface area contributed by atoms with Crippen molar-refractivity contribution in [2.75, 3.05) is 16.0 Å². The van der Waals surface area contributed by atoms with Gasteiger partial charge in [0.15, 0.2) is 0 Å². The molecule has 152 valence electrons. The highest BCUT2D eigenvalue weighted by Crippen LogP contribution is 2.48. The van der Waals surface area contributed by atoms with Crippen LogP contribution in [-0.4, -0.2) is 20.3 Å². The molecule has 6 aromatic rings. The lowest BCUT2D eigenvalue weighted by molar-refractivity contribution is 1.06. The third kappa shape index (κ3) is 1.89. The first kappa shape index (κ1) is 16.7. The van der Waals surface area contributed by atoms with Crippen LogP contribution in [0.25, 0.3) is 32.3 Å². The number of aromatic nitrogens is 3. The van der Waals surface area contributed by atoms with E-state index in [4.69, 9.17) is 11.5 Å². The molecule has 5 heterocycles. The maximum Gasteiger partial charge on any atom is 0.499 e. The van der Waals surface area contributed by atoms with Crippen molar-refractivity contribution in [1.82, 2.24) is 13.9 Å². The number of H-pyrrole nitrogens is 1. The molecular weight excluding hydrogens is 419 g/mol. The van der Waals surface area contributed by atoms with Crippen LogP contribution in [-0.2, 0) is 0 Å². The van der Waals surface area contributed by atoms with Gasteiger partial charge in [0.05, 0.1) is 0 Å². The van der Waals surface area contributed by atoms with Crippen molar-refractivity contribution >= 4 is 85.1 Å². The summed E-state index contributed by atoms with van der Waals surface area (Å²) in [7, 11) is 0. The van der Waals surface area contributed by atoms with E-state index < -0.39 is 6.40 Å². The minimum Gasteiger partial charge on any atom is -0.328 e. The molecule has 0 fully saturated rings. The Kier molecular flexibility index (Phi) is 2.94. The number of fused-ring (bicyclic) bond motifs is 11. The molecule has 0 spiro atoms. The van der Waals surface area contributed by atoms with Crippen LogP contribution in [0, 0.1) is 0 Å². The molecule has 0 radical (unpaired) electrons. The molecule has 0 saturated carbocycles. The lowest BCUT2D eigenvalue weighted by Crippen LogP contribution is -2.35. The number of halogens is 1. The molecule has 32 heavy (non-hydrogen) atoms. The minimum absolute atomic E-state index is 0.451. The van der Waals surface area contributed by atoms with E-state index in [0.717, 1.165) is 67.2 Å². The first-order chi connectivity index (χ1) is 15.8. The highest BCUT2D eigenvalue weighted by molar-refractivity contribution is 7.06. The number of hydrogen-bond acceptors (Lipinski definition) is 3. The molecule has 2 aliphatic heterocycles. The Balaban J connectivity index is 1.59. The monoisotopic (exact) mass is 434 g/mol. The third-order valence-corrected chi connectivity index (χ3v) is 7.09. The lowest BCUT2D eigenvalue weighted by Gasteiger charge is -2.28. The van der Waals surface area contributed by atoms with Gasteiger partial charge in [-0.15, -0.1) is 11.5 Å². The van der Waals surface area contributed by atoms with Crippen LogP contribution in [0.3, 0.4) is 0 Å². The fourth-order valence-electron chi connectivity index (χ4n) is 5.31. The molecule has 4 bridgehead atoms. The number of anilines is 6. The zero-order chi connectivity index (χ0) is 21.0. The van der Waals surface area contributed by atoms with Gasteiger partial charge in [-0.05, 0) is 0 Å². The largest absolute Gasteiger partial charge is 0.499 e. The van der Waals surface area contributed by atoms with E-state index in [0.29, 0.717) is 0 Å². The molecular formula is C24H16BClN6. The van der Waals surface area contributed by atoms with Crippen molar-refractivity contribution in [2.24, 2.45) is 0 Å². The summed E-state index contributed by atoms with van der Waals surface area (Å²) >= 11 is 7.26. The van der Waals surface area contributed by atoms with Crippen LogP contribution in [0.5, 0.6) is 0 Å². The van der Waals surface area contributed by atoms with Crippen molar-refractivity contribution in [1.29, 1.82) is 0 Å². The summed E-state index contributed by atoms with van der Waals surface area (Å²) in [4.78, 5) is 3.59. The highest BCUT2D eigenvalue weighted by atomic mass is 35.5. The third-order valence-electron chi connectivity index (χ3n) is 6.70. The average Bonchev–Trinajstić information content (AvgIpc) is 3.45. The Morgan fingerprint density at radius 3 is 1.25 bits per heavy atom. The lowest BCUT2D eigenvalue weighted by atomic mass is 10.1. The van der Waals surface area contributed by atoms with E-state index in [1.165, 1.54) is 0 Å². The second kappa shape index (κ2) is 5.63. The van der Waals surface area contributed by atoms with Gasteiger partial charge in [-0.25, -0.2) is 0 Å². The van der Waals surface area contributed by atoms with E-state index in [1.807, 2.05) is 0 Å². The number of aromatic amines is 1. The predicted octanol–water partition coefficient (Wildman–Crippen LogP) is 6.56. The second-order valence-corrected chi connectivity index (χ2v) is 8.72. The molecule has 3 aromatic heterocycles. The first-order valence-corrected chi connectivity index (χ1v) is 11.0. The summed E-state index contributed by atoms with van der Waals surface area (Å²) in [6.45, 7) is 0. The van der Waals surface area contributed by atoms with Crippen LogP contribution in [0.1, 0.15) is 0 Å². The van der Waals surface area contributed by atoms with Crippen molar-refractivity contribution in [3.63, 3.8) is 0 Å². The van der Waals surface area contributed by atoms with Gasteiger partial charge in [0, 0.05) is 32.3 Å². The SMILES string of the molecule is ClB1n2c3c4ccccc4c2Nc2c4ccccc4c(n21)Nc1[nH]c(c2ccccc12)N3. The summed E-state index contributed by atoms with van der Waals surface area (Å²) in [5, 5.41) is 17.8. The molecule has 8 rings (SSSR count). The smallest absolute Gasteiger partial charge is 0.328 e. The maximum absolute atomic E-state index is 7.26. The van der Waals surface area contributed by atoms with Gasteiger partial charge in [0.1, 0.15) is 34.9 Å². The van der Waals surface area contributed by atoms with Crippen LogP contribution < -0.4 is 16.0 Å². The normalized spacial score (nSPS) is 13.8. The molecule has 2 aliphatic rings. The van der Waals surface area contributed by atoms with E-state index in [-0.39, 0.29) is 0 Å². The Hall–Kier alpha value is -3.97. The Bertz CT molecular complexity index is 1620. The van der Waals surface area contributed by atoms with E-state index in [1.54, 1.807) is 0 Å². The molecule has 0 aliphatic carbocycles. The van der Waals surface area contributed by atoms with Crippen LogP contribution in [0.15, 0.2) is 72.8 Å². The van der Waals surface area contributed by atoms with Crippen LogP contribution in [0.2, 0.25) is 0 Å². The molecule has 0 atom stereocenters. The number of nitrogens with zero attached hydrogens (tertiary/aromatic N) is 2. The number of nitrogens with one attached hydrogen (secondary N) is 4. The maximum atomic E-state index is 7.26. The van der Waals surface area contributed by atoms with Gasteiger partial charge in [0.25, 0.3) is 0 Å². The standard InChI is InChI=1S/C24H16BClN6/c26-25-31-21-15-9-3-5-11-17(15)23(31)30-24-18-12-6-4-10-16(18)22(32(24)25)29-20-14-8-2-1-7-13(14)19(27-20)28-21/h1-12,27-30H. The highest BCUT2D eigenvalue weighted by Gasteiger charge is 2.37. The van der Waals surface area contributed by atoms with Crippen molar-refractivity contribution in [2.45, 2.75) is 0 Å². The Morgan fingerprint density at radius 1 is 0.500 bits per heavy atom. The summed E-state index contributed by atoms with van der Waals surface area (Å²) in [6.07, 6.45) is -0.451. The predicted molar refractivity (Wildman–Crippen MR) is 134 cm³/mol.